The van der Waals surface area contributed by atoms with Crippen LogP contribution in [0.25, 0.3) is 0 Å². The Morgan fingerprint density at radius 3 is 3.25 bits per heavy atom. The zero-order chi connectivity index (χ0) is 8.39. The Morgan fingerprint density at radius 1 is 1.75 bits per heavy atom. The highest BCUT2D eigenvalue weighted by Crippen LogP contribution is 2.31. The third-order valence-corrected chi connectivity index (χ3v) is 3.01. The minimum absolute atomic E-state index is 0.0877. The van der Waals surface area contributed by atoms with Gasteiger partial charge in [0.15, 0.2) is 0 Å². The van der Waals surface area contributed by atoms with Crippen LogP contribution in [0.5, 0.6) is 0 Å². The number of hydrogen-bond acceptors (Lipinski definition) is 4. The fourth-order valence-electron chi connectivity index (χ4n) is 1.32. The summed E-state index contributed by atoms with van der Waals surface area (Å²) in [5, 5.41) is 9.83. The van der Waals surface area contributed by atoms with Crippen LogP contribution in [0, 0.1) is 0 Å². The second kappa shape index (κ2) is 3.51. The molecule has 66 valence electrons. The summed E-state index contributed by atoms with van der Waals surface area (Å²) >= 11 is 1.54. The summed E-state index contributed by atoms with van der Waals surface area (Å²) in [6.45, 7) is 0.934. The summed E-state index contributed by atoms with van der Waals surface area (Å²) in [5.41, 5.74) is 0. The van der Waals surface area contributed by atoms with Gasteiger partial charge in [-0.15, -0.1) is 11.3 Å². The van der Waals surface area contributed by atoms with Gasteiger partial charge in [0.2, 0.25) is 0 Å². The molecule has 1 unspecified atom stereocenters. The predicted octanol–water partition coefficient (Wildman–Crippen LogP) is 1.49. The summed E-state index contributed by atoms with van der Waals surface area (Å²) in [4.78, 5) is 5.12. The molecule has 0 spiro atoms. The SMILES string of the molecule is OCc1cnc(C2CCCO2)s1. The molecule has 1 aromatic heterocycles. The summed E-state index contributed by atoms with van der Waals surface area (Å²) in [5.74, 6) is 0. The van der Waals surface area contributed by atoms with Gasteiger partial charge in [-0.3, -0.25) is 0 Å². The molecular weight excluding hydrogens is 174 g/mol. The zero-order valence-electron chi connectivity index (χ0n) is 6.69. The Kier molecular flexibility index (Phi) is 2.39. The van der Waals surface area contributed by atoms with Crippen molar-refractivity contribution in [3.63, 3.8) is 0 Å². The quantitative estimate of drug-likeness (QED) is 0.759. The van der Waals surface area contributed by atoms with Crippen LogP contribution < -0.4 is 0 Å². The molecule has 1 N–H and O–H groups in total. The number of hydrogen-bond donors (Lipinski definition) is 1. The lowest BCUT2D eigenvalue weighted by molar-refractivity contribution is 0.111. The Hall–Kier alpha value is -0.450. The van der Waals surface area contributed by atoms with Crippen LogP contribution in [-0.2, 0) is 11.3 Å². The first-order valence-corrected chi connectivity index (χ1v) is 4.89. The van der Waals surface area contributed by atoms with Gasteiger partial charge in [0.05, 0.1) is 11.5 Å². The smallest absolute Gasteiger partial charge is 0.122 e. The largest absolute Gasteiger partial charge is 0.391 e. The lowest BCUT2D eigenvalue weighted by Crippen LogP contribution is -1.93. The maximum atomic E-state index is 8.82. The summed E-state index contributed by atoms with van der Waals surface area (Å²) < 4.78 is 5.46. The Labute approximate surface area is 75.0 Å². The van der Waals surface area contributed by atoms with E-state index < -0.39 is 0 Å². The molecule has 0 radical (unpaired) electrons. The monoisotopic (exact) mass is 185 g/mol. The van der Waals surface area contributed by atoms with Crippen LogP contribution in [0.3, 0.4) is 0 Å². The molecule has 1 saturated heterocycles. The van der Waals surface area contributed by atoms with Crippen molar-refractivity contribution in [2.24, 2.45) is 0 Å². The van der Waals surface area contributed by atoms with Crippen LogP contribution in [-0.4, -0.2) is 16.7 Å². The molecule has 0 aromatic carbocycles. The van der Waals surface area contributed by atoms with E-state index in [1.54, 1.807) is 17.5 Å². The number of ether oxygens (including phenoxy) is 1. The van der Waals surface area contributed by atoms with Crippen LogP contribution in [0.4, 0.5) is 0 Å². The Bertz CT molecular complexity index is 255. The lowest BCUT2D eigenvalue weighted by atomic mass is 10.2. The molecule has 4 heteroatoms. The molecule has 1 aromatic rings. The van der Waals surface area contributed by atoms with Gasteiger partial charge < -0.3 is 9.84 Å². The van der Waals surface area contributed by atoms with Gasteiger partial charge in [-0.1, -0.05) is 0 Å². The average Bonchev–Trinajstić information content (AvgIpc) is 2.75. The predicted molar refractivity (Wildman–Crippen MR) is 46.0 cm³/mol. The number of aromatic nitrogens is 1. The highest BCUT2D eigenvalue weighted by molar-refractivity contribution is 7.11. The molecule has 0 aliphatic carbocycles. The fourth-order valence-corrected chi connectivity index (χ4v) is 2.18. The molecule has 0 saturated carbocycles. The number of nitrogens with zero attached hydrogens (tertiary/aromatic N) is 1. The second-order valence-electron chi connectivity index (χ2n) is 2.82. The third-order valence-electron chi connectivity index (χ3n) is 1.93. The topological polar surface area (TPSA) is 42.4 Å². The summed E-state index contributed by atoms with van der Waals surface area (Å²) in [6.07, 6.45) is 4.11. The minimum atomic E-state index is 0.0877. The summed E-state index contributed by atoms with van der Waals surface area (Å²) in [7, 11) is 0. The van der Waals surface area contributed by atoms with Crippen LogP contribution in [0.2, 0.25) is 0 Å². The lowest BCUT2D eigenvalue weighted by Gasteiger charge is -2.02. The van der Waals surface area contributed by atoms with Gasteiger partial charge in [-0.2, -0.15) is 0 Å². The van der Waals surface area contributed by atoms with Crippen molar-refractivity contribution >= 4 is 11.3 Å². The van der Waals surface area contributed by atoms with Crippen molar-refractivity contribution in [3.8, 4) is 0 Å². The van der Waals surface area contributed by atoms with E-state index in [1.807, 2.05) is 0 Å². The molecule has 1 fully saturated rings. The maximum Gasteiger partial charge on any atom is 0.122 e. The first-order chi connectivity index (χ1) is 5.90. The van der Waals surface area contributed by atoms with E-state index in [-0.39, 0.29) is 12.7 Å². The standard InChI is InChI=1S/C8H11NO2S/c10-5-6-4-9-8(12-6)7-2-1-3-11-7/h4,7,10H,1-3,5H2. The molecular formula is C8H11NO2S. The van der Waals surface area contributed by atoms with E-state index in [1.165, 1.54) is 0 Å². The molecule has 3 nitrogen and oxygen atoms in total. The minimum Gasteiger partial charge on any atom is -0.391 e. The zero-order valence-corrected chi connectivity index (χ0v) is 7.51. The van der Waals surface area contributed by atoms with E-state index in [9.17, 15) is 0 Å². The fraction of sp³-hybridized carbons (Fsp3) is 0.625. The van der Waals surface area contributed by atoms with Gasteiger partial charge in [-0.25, -0.2) is 4.98 Å². The molecule has 0 bridgehead atoms. The highest BCUT2D eigenvalue weighted by atomic mass is 32.1. The van der Waals surface area contributed by atoms with Crippen LogP contribution in [0.15, 0.2) is 6.20 Å². The van der Waals surface area contributed by atoms with E-state index >= 15 is 0 Å². The van der Waals surface area contributed by atoms with E-state index in [4.69, 9.17) is 9.84 Å². The highest BCUT2D eigenvalue weighted by Gasteiger charge is 2.20. The molecule has 1 aliphatic rings. The molecule has 1 atom stereocenters. The number of thiazole rings is 1. The van der Waals surface area contributed by atoms with Gasteiger partial charge in [0, 0.05) is 12.8 Å². The summed E-state index contributed by atoms with van der Waals surface area (Å²) in [6, 6.07) is 0. The normalized spacial score (nSPS) is 23.2. The van der Waals surface area contributed by atoms with E-state index in [0.717, 1.165) is 29.3 Å². The number of aliphatic hydroxyl groups excluding tert-OH is 1. The molecule has 2 heterocycles. The van der Waals surface area contributed by atoms with E-state index in [2.05, 4.69) is 4.98 Å². The molecule has 0 amide bonds. The molecule has 1 aliphatic heterocycles. The van der Waals surface area contributed by atoms with Crippen LogP contribution in [0.1, 0.15) is 28.8 Å². The van der Waals surface area contributed by atoms with Gasteiger partial charge in [0.1, 0.15) is 11.1 Å². The van der Waals surface area contributed by atoms with Crippen molar-refractivity contribution in [1.82, 2.24) is 4.98 Å². The van der Waals surface area contributed by atoms with Crippen LogP contribution >= 0.6 is 11.3 Å². The molecule has 2 rings (SSSR count). The van der Waals surface area contributed by atoms with Gasteiger partial charge in [0.25, 0.3) is 0 Å². The first-order valence-electron chi connectivity index (χ1n) is 4.07. The second-order valence-corrected chi connectivity index (χ2v) is 3.97. The first kappa shape index (κ1) is 8.16. The van der Waals surface area contributed by atoms with Gasteiger partial charge in [-0.05, 0) is 12.8 Å². The van der Waals surface area contributed by atoms with Crippen molar-refractivity contribution in [2.45, 2.75) is 25.6 Å². The Morgan fingerprint density at radius 2 is 2.67 bits per heavy atom. The van der Waals surface area contributed by atoms with Crippen molar-refractivity contribution in [1.29, 1.82) is 0 Å². The van der Waals surface area contributed by atoms with Gasteiger partial charge >= 0.3 is 0 Å². The van der Waals surface area contributed by atoms with Crippen molar-refractivity contribution < 1.29 is 9.84 Å². The number of aliphatic hydroxyl groups is 1. The van der Waals surface area contributed by atoms with Crippen molar-refractivity contribution in [2.75, 3.05) is 6.61 Å². The number of rotatable bonds is 2. The molecule has 12 heavy (non-hydrogen) atoms. The Balaban J connectivity index is 2.11. The van der Waals surface area contributed by atoms with Crippen molar-refractivity contribution in [3.05, 3.63) is 16.1 Å². The third kappa shape index (κ3) is 1.50. The van der Waals surface area contributed by atoms with E-state index in [0.29, 0.717) is 0 Å². The maximum absolute atomic E-state index is 8.82. The average molecular weight is 185 g/mol.